The fourth-order valence-electron chi connectivity index (χ4n) is 1.47. The van der Waals surface area contributed by atoms with Crippen LogP contribution in [0.15, 0.2) is 34.2 Å². The summed E-state index contributed by atoms with van der Waals surface area (Å²) in [5.74, 6) is 6.03. The molecular weight excluding hydrogens is 246 g/mol. The first-order chi connectivity index (χ1) is 8.58. The van der Waals surface area contributed by atoms with Gasteiger partial charge in [0.05, 0.1) is 0 Å². The number of nitrogen functional groups attached to an aromatic ring is 2. The van der Waals surface area contributed by atoms with E-state index in [1.165, 1.54) is 22.9 Å². The molecule has 0 atom stereocenters. The summed E-state index contributed by atoms with van der Waals surface area (Å²) in [4.78, 5) is 9.22. The lowest BCUT2D eigenvalue weighted by Gasteiger charge is -2.06. The molecule has 0 bridgehead atoms. The van der Waals surface area contributed by atoms with Gasteiger partial charge in [-0.05, 0) is 37.1 Å². The molecule has 0 aliphatic rings. The molecule has 0 fully saturated rings. The van der Waals surface area contributed by atoms with Crippen LogP contribution in [0.2, 0.25) is 0 Å². The fourth-order valence-corrected chi connectivity index (χ4v) is 2.39. The van der Waals surface area contributed by atoms with Gasteiger partial charge < -0.3 is 11.2 Å². The van der Waals surface area contributed by atoms with Crippen LogP contribution < -0.4 is 17.0 Å². The van der Waals surface area contributed by atoms with Crippen LogP contribution in [0.4, 0.5) is 11.8 Å². The second-order valence-corrected chi connectivity index (χ2v) is 5.04. The molecule has 0 amide bonds. The smallest absolute Gasteiger partial charge is 0.223 e. The lowest BCUT2D eigenvalue weighted by atomic mass is 10.1. The Morgan fingerprint density at radius 1 is 1.11 bits per heavy atom. The van der Waals surface area contributed by atoms with Crippen LogP contribution in [0.5, 0.6) is 0 Å². The Balaban J connectivity index is 2.27. The minimum Gasteiger partial charge on any atom is -0.368 e. The van der Waals surface area contributed by atoms with Crippen LogP contribution in [0.1, 0.15) is 11.1 Å². The summed E-state index contributed by atoms with van der Waals surface area (Å²) in [6.45, 7) is 4.17. The van der Waals surface area contributed by atoms with Crippen molar-refractivity contribution in [3.63, 3.8) is 0 Å². The van der Waals surface area contributed by atoms with Crippen LogP contribution in [0.3, 0.4) is 0 Å². The maximum Gasteiger partial charge on any atom is 0.223 e. The molecule has 2 rings (SSSR count). The van der Waals surface area contributed by atoms with Gasteiger partial charge in [-0.2, -0.15) is 4.98 Å². The molecule has 2 aromatic rings. The molecule has 6 heteroatoms. The van der Waals surface area contributed by atoms with Gasteiger partial charge in [-0.1, -0.05) is 17.8 Å². The zero-order valence-electron chi connectivity index (χ0n) is 10.3. The molecule has 0 saturated heterocycles. The molecule has 5 N–H and O–H groups in total. The van der Waals surface area contributed by atoms with Crippen molar-refractivity contribution in [1.29, 1.82) is 0 Å². The largest absolute Gasteiger partial charge is 0.368 e. The number of hydrogen-bond donors (Lipinski definition) is 3. The summed E-state index contributed by atoms with van der Waals surface area (Å²) < 4.78 is 0. The highest BCUT2D eigenvalue weighted by Crippen LogP contribution is 2.29. The predicted octanol–water partition coefficient (Wildman–Crippen LogP) is 2.11. The van der Waals surface area contributed by atoms with Gasteiger partial charge in [-0.15, -0.1) is 0 Å². The number of nitrogens with zero attached hydrogens (tertiary/aromatic N) is 2. The van der Waals surface area contributed by atoms with Crippen LogP contribution in [-0.2, 0) is 0 Å². The Hall–Kier alpha value is -1.79. The van der Waals surface area contributed by atoms with Crippen LogP contribution in [0.25, 0.3) is 0 Å². The fraction of sp³-hybridized carbons (Fsp3) is 0.167. The number of nitrogens with two attached hydrogens (primary N) is 2. The van der Waals surface area contributed by atoms with Crippen molar-refractivity contribution in [3.8, 4) is 0 Å². The number of anilines is 2. The van der Waals surface area contributed by atoms with Gasteiger partial charge in [0, 0.05) is 11.0 Å². The Labute approximate surface area is 110 Å². The zero-order valence-corrected chi connectivity index (χ0v) is 11.1. The normalized spacial score (nSPS) is 10.4. The second-order valence-electron chi connectivity index (χ2n) is 3.94. The van der Waals surface area contributed by atoms with Crippen molar-refractivity contribution >= 4 is 23.5 Å². The summed E-state index contributed by atoms with van der Waals surface area (Å²) in [6.07, 6.45) is 0. The molecular formula is C12H15N5S. The number of aromatic nitrogens is 2. The molecule has 0 saturated carbocycles. The van der Waals surface area contributed by atoms with Gasteiger partial charge in [0.15, 0.2) is 0 Å². The molecule has 0 spiro atoms. The van der Waals surface area contributed by atoms with E-state index in [0.29, 0.717) is 5.82 Å². The molecule has 18 heavy (non-hydrogen) atoms. The highest BCUT2D eigenvalue weighted by atomic mass is 32.2. The van der Waals surface area contributed by atoms with Crippen molar-refractivity contribution in [2.75, 3.05) is 11.2 Å². The summed E-state index contributed by atoms with van der Waals surface area (Å²) in [5.41, 5.74) is 10.6. The summed E-state index contributed by atoms with van der Waals surface area (Å²) in [6, 6.07) is 8.02. The topological polar surface area (TPSA) is 89.8 Å². The lowest BCUT2D eigenvalue weighted by molar-refractivity contribution is 1.05. The first-order valence-corrected chi connectivity index (χ1v) is 6.26. The molecule has 94 valence electrons. The number of rotatable bonds is 3. The average Bonchev–Trinajstić information content (AvgIpc) is 2.33. The number of hydrazine groups is 1. The maximum atomic E-state index is 5.61. The summed E-state index contributed by atoms with van der Waals surface area (Å²) in [7, 11) is 0. The van der Waals surface area contributed by atoms with E-state index in [1.54, 1.807) is 6.07 Å². The first kappa shape index (κ1) is 12.7. The Morgan fingerprint density at radius 3 is 2.56 bits per heavy atom. The Bertz CT molecular complexity index is 570. The van der Waals surface area contributed by atoms with E-state index < -0.39 is 0 Å². The van der Waals surface area contributed by atoms with E-state index in [-0.39, 0.29) is 5.95 Å². The maximum absolute atomic E-state index is 5.61. The standard InChI is InChI=1S/C12H15N5S/c1-7-3-4-9(5-8(7)2)18-11-6-10(17-14)15-12(13)16-11/h3-6H,14H2,1-2H3,(H3,13,15,16,17). The number of nitrogens with one attached hydrogen (secondary N) is 1. The molecule has 5 nitrogen and oxygen atoms in total. The van der Waals surface area contributed by atoms with Crippen molar-refractivity contribution in [3.05, 3.63) is 35.4 Å². The molecule has 0 radical (unpaired) electrons. The van der Waals surface area contributed by atoms with Gasteiger partial charge in [0.2, 0.25) is 5.95 Å². The molecule has 0 aliphatic carbocycles. The Morgan fingerprint density at radius 2 is 1.89 bits per heavy atom. The lowest BCUT2D eigenvalue weighted by Crippen LogP contribution is -2.10. The summed E-state index contributed by atoms with van der Waals surface area (Å²) in [5, 5.41) is 0.763. The average molecular weight is 261 g/mol. The third-order valence-corrected chi connectivity index (χ3v) is 3.48. The molecule has 0 unspecified atom stereocenters. The quantitative estimate of drug-likeness (QED) is 0.445. The monoisotopic (exact) mass is 261 g/mol. The van der Waals surface area contributed by atoms with E-state index >= 15 is 0 Å². The first-order valence-electron chi connectivity index (χ1n) is 5.45. The van der Waals surface area contributed by atoms with Gasteiger partial charge in [-0.3, -0.25) is 0 Å². The third-order valence-electron chi connectivity index (χ3n) is 2.57. The molecule has 0 aliphatic heterocycles. The van der Waals surface area contributed by atoms with Crippen LogP contribution >= 0.6 is 11.8 Å². The van der Waals surface area contributed by atoms with Crippen molar-refractivity contribution < 1.29 is 0 Å². The van der Waals surface area contributed by atoms with E-state index in [0.717, 1.165) is 9.92 Å². The minimum absolute atomic E-state index is 0.205. The third kappa shape index (κ3) is 2.91. The number of aryl methyl sites for hydroxylation is 2. The Kier molecular flexibility index (Phi) is 3.69. The van der Waals surface area contributed by atoms with Gasteiger partial charge >= 0.3 is 0 Å². The minimum atomic E-state index is 0.205. The van der Waals surface area contributed by atoms with Crippen molar-refractivity contribution in [1.82, 2.24) is 9.97 Å². The number of benzene rings is 1. The molecule has 1 heterocycles. The van der Waals surface area contributed by atoms with Gasteiger partial charge in [0.1, 0.15) is 10.8 Å². The SMILES string of the molecule is Cc1ccc(Sc2cc(NN)nc(N)n2)cc1C. The van der Waals surface area contributed by atoms with Crippen molar-refractivity contribution in [2.24, 2.45) is 5.84 Å². The van der Waals surface area contributed by atoms with Crippen LogP contribution in [0, 0.1) is 13.8 Å². The summed E-state index contributed by atoms with van der Waals surface area (Å²) >= 11 is 1.53. The van der Waals surface area contributed by atoms with E-state index in [1.807, 2.05) is 0 Å². The van der Waals surface area contributed by atoms with E-state index in [9.17, 15) is 0 Å². The van der Waals surface area contributed by atoms with Crippen LogP contribution in [-0.4, -0.2) is 9.97 Å². The second kappa shape index (κ2) is 5.24. The van der Waals surface area contributed by atoms with Gasteiger partial charge in [-0.25, -0.2) is 10.8 Å². The van der Waals surface area contributed by atoms with E-state index in [2.05, 4.69) is 47.4 Å². The predicted molar refractivity (Wildman–Crippen MR) is 74.3 cm³/mol. The highest BCUT2D eigenvalue weighted by molar-refractivity contribution is 7.99. The highest BCUT2D eigenvalue weighted by Gasteiger charge is 2.04. The van der Waals surface area contributed by atoms with Gasteiger partial charge in [0.25, 0.3) is 0 Å². The molecule has 1 aromatic heterocycles. The van der Waals surface area contributed by atoms with E-state index in [4.69, 9.17) is 11.6 Å². The van der Waals surface area contributed by atoms with Crippen molar-refractivity contribution in [2.45, 2.75) is 23.8 Å². The molecule has 1 aromatic carbocycles. The zero-order chi connectivity index (χ0) is 13.1. The number of hydrogen-bond acceptors (Lipinski definition) is 6.